The summed E-state index contributed by atoms with van der Waals surface area (Å²) in [4.78, 5) is 26.1. The van der Waals surface area contributed by atoms with Crippen molar-refractivity contribution in [1.29, 1.82) is 0 Å². The summed E-state index contributed by atoms with van der Waals surface area (Å²) >= 11 is 0. The Hall–Kier alpha value is -1.30. The van der Waals surface area contributed by atoms with Crippen molar-refractivity contribution in [1.82, 2.24) is 15.1 Å². The molecule has 6 heteroatoms. The van der Waals surface area contributed by atoms with E-state index in [2.05, 4.69) is 5.32 Å². The molecule has 2 N–H and O–H groups in total. The highest BCUT2D eigenvalue weighted by atomic mass is 16.4. The third kappa shape index (κ3) is 6.78. The minimum absolute atomic E-state index is 0.316. The smallest absolute Gasteiger partial charge is 0.325 e. The lowest BCUT2D eigenvalue weighted by molar-refractivity contribution is -0.138. The Balaban J connectivity index is 4.27. The summed E-state index contributed by atoms with van der Waals surface area (Å²) in [7, 11) is 3.86. The summed E-state index contributed by atoms with van der Waals surface area (Å²) in [5.41, 5.74) is 0. The van der Waals surface area contributed by atoms with Crippen molar-refractivity contribution in [3.8, 4) is 0 Å². The summed E-state index contributed by atoms with van der Waals surface area (Å²) in [6.45, 7) is 5.42. The number of rotatable bonds is 7. The quantitative estimate of drug-likeness (QED) is 0.683. The van der Waals surface area contributed by atoms with Gasteiger partial charge in [0.05, 0.1) is 0 Å². The van der Waals surface area contributed by atoms with E-state index in [4.69, 9.17) is 5.11 Å². The third-order valence-electron chi connectivity index (χ3n) is 2.31. The average Bonchev–Trinajstić information content (AvgIpc) is 2.23. The molecule has 100 valence electrons. The molecule has 0 aliphatic rings. The fraction of sp³-hybridized carbons (Fsp3) is 0.818. The zero-order valence-corrected chi connectivity index (χ0v) is 11.1. The minimum Gasteiger partial charge on any atom is -0.480 e. The second-order valence-electron chi connectivity index (χ2n) is 4.30. The van der Waals surface area contributed by atoms with Crippen LogP contribution in [0.15, 0.2) is 0 Å². The highest BCUT2D eigenvalue weighted by Gasteiger charge is 2.18. The Bertz CT molecular complexity index is 256. The van der Waals surface area contributed by atoms with Crippen molar-refractivity contribution in [2.75, 3.05) is 33.7 Å². The van der Waals surface area contributed by atoms with Crippen molar-refractivity contribution in [3.05, 3.63) is 0 Å². The first-order chi connectivity index (χ1) is 7.88. The Morgan fingerprint density at radius 3 is 2.24 bits per heavy atom. The van der Waals surface area contributed by atoms with Gasteiger partial charge in [0.15, 0.2) is 0 Å². The number of urea groups is 1. The molecular formula is C11H23N3O3. The number of nitrogens with zero attached hydrogens (tertiary/aromatic N) is 2. The number of nitrogens with one attached hydrogen (secondary N) is 1. The maximum absolute atomic E-state index is 11.8. The average molecular weight is 245 g/mol. The van der Waals surface area contributed by atoms with Crippen LogP contribution in [0.2, 0.25) is 0 Å². The molecule has 17 heavy (non-hydrogen) atoms. The van der Waals surface area contributed by atoms with Crippen molar-refractivity contribution >= 4 is 12.0 Å². The molecule has 0 aromatic rings. The first kappa shape index (κ1) is 15.7. The second-order valence-corrected chi connectivity index (χ2v) is 4.30. The molecule has 6 nitrogen and oxygen atoms in total. The number of hydrogen-bond donors (Lipinski definition) is 2. The Morgan fingerprint density at radius 2 is 1.82 bits per heavy atom. The van der Waals surface area contributed by atoms with Gasteiger partial charge >= 0.3 is 12.0 Å². The van der Waals surface area contributed by atoms with E-state index in [9.17, 15) is 9.59 Å². The van der Waals surface area contributed by atoms with Gasteiger partial charge in [-0.1, -0.05) is 6.92 Å². The van der Waals surface area contributed by atoms with E-state index < -0.39 is 12.0 Å². The zero-order chi connectivity index (χ0) is 13.4. The minimum atomic E-state index is -1.03. The van der Waals surface area contributed by atoms with Crippen LogP contribution in [0, 0.1) is 0 Å². The standard InChI is InChI=1S/C11H23N3O3/c1-5-6-14(8-7-13(3)4)11(17)12-9(2)10(15)16/h9H,5-8H2,1-4H3,(H,12,17)(H,15,16)/t9-/m0/s1. The van der Waals surface area contributed by atoms with Gasteiger partial charge in [0.25, 0.3) is 0 Å². The molecule has 0 aromatic carbocycles. The molecule has 0 saturated carbocycles. The van der Waals surface area contributed by atoms with Crippen LogP contribution in [0.25, 0.3) is 0 Å². The maximum atomic E-state index is 11.8. The van der Waals surface area contributed by atoms with Crippen LogP contribution in [0.1, 0.15) is 20.3 Å². The van der Waals surface area contributed by atoms with Crippen molar-refractivity contribution in [2.24, 2.45) is 0 Å². The lowest BCUT2D eigenvalue weighted by Crippen LogP contribution is -2.48. The summed E-state index contributed by atoms with van der Waals surface area (Å²) in [6.07, 6.45) is 0.850. The Morgan fingerprint density at radius 1 is 1.24 bits per heavy atom. The fourth-order valence-corrected chi connectivity index (χ4v) is 1.24. The number of hydrogen-bond acceptors (Lipinski definition) is 3. The molecule has 0 spiro atoms. The van der Waals surface area contributed by atoms with E-state index >= 15 is 0 Å². The van der Waals surface area contributed by atoms with E-state index in [0.717, 1.165) is 13.0 Å². The van der Waals surface area contributed by atoms with E-state index in [1.54, 1.807) is 4.90 Å². The number of carbonyl (C=O) groups is 2. The van der Waals surface area contributed by atoms with Crippen LogP contribution < -0.4 is 5.32 Å². The van der Waals surface area contributed by atoms with Crippen LogP contribution in [0.5, 0.6) is 0 Å². The third-order valence-corrected chi connectivity index (χ3v) is 2.31. The van der Waals surface area contributed by atoms with E-state index in [1.807, 2.05) is 25.9 Å². The van der Waals surface area contributed by atoms with Crippen molar-refractivity contribution in [2.45, 2.75) is 26.3 Å². The normalized spacial score (nSPS) is 12.3. The van der Waals surface area contributed by atoms with Crippen molar-refractivity contribution in [3.63, 3.8) is 0 Å². The molecule has 1 atom stereocenters. The molecule has 0 aliphatic carbocycles. The fourth-order valence-electron chi connectivity index (χ4n) is 1.24. The van der Waals surface area contributed by atoms with Gasteiger partial charge in [-0.2, -0.15) is 0 Å². The van der Waals surface area contributed by atoms with Gasteiger partial charge in [0.2, 0.25) is 0 Å². The summed E-state index contributed by atoms with van der Waals surface area (Å²) in [6, 6.07) is -1.18. The molecule has 0 heterocycles. The maximum Gasteiger partial charge on any atom is 0.325 e. The number of carbonyl (C=O) groups excluding carboxylic acids is 1. The number of likely N-dealkylation sites (N-methyl/N-ethyl adjacent to an activating group) is 1. The number of carboxylic acids is 1. The monoisotopic (exact) mass is 245 g/mol. The molecule has 0 aromatic heterocycles. The molecule has 0 aliphatic heterocycles. The largest absolute Gasteiger partial charge is 0.480 e. The van der Waals surface area contributed by atoms with Crippen LogP contribution in [0.3, 0.4) is 0 Å². The van der Waals surface area contributed by atoms with Gasteiger partial charge in [0, 0.05) is 19.6 Å². The molecular weight excluding hydrogens is 222 g/mol. The van der Waals surface area contributed by atoms with E-state index in [1.165, 1.54) is 6.92 Å². The van der Waals surface area contributed by atoms with Gasteiger partial charge in [0.1, 0.15) is 6.04 Å². The number of carboxylic acid groups (broad SMARTS) is 1. The number of aliphatic carboxylic acids is 1. The van der Waals surface area contributed by atoms with E-state index in [0.29, 0.717) is 13.1 Å². The highest BCUT2D eigenvalue weighted by Crippen LogP contribution is 1.95. The van der Waals surface area contributed by atoms with E-state index in [-0.39, 0.29) is 6.03 Å². The molecule has 0 radical (unpaired) electrons. The molecule has 0 bridgehead atoms. The first-order valence-corrected chi connectivity index (χ1v) is 5.81. The van der Waals surface area contributed by atoms with Crippen LogP contribution >= 0.6 is 0 Å². The molecule has 2 amide bonds. The Labute approximate surface area is 103 Å². The lowest BCUT2D eigenvalue weighted by Gasteiger charge is -2.25. The van der Waals surface area contributed by atoms with Gasteiger partial charge in [-0.3, -0.25) is 4.79 Å². The van der Waals surface area contributed by atoms with Crippen LogP contribution in [-0.4, -0.2) is 66.7 Å². The summed E-state index contributed by atoms with van der Waals surface area (Å²) < 4.78 is 0. The lowest BCUT2D eigenvalue weighted by atomic mass is 10.3. The predicted octanol–water partition coefficient (Wildman–Crippen LogP) is 0.443. The van der Waals surface area contributed by atoms with Gasteiger partial charge < -0.3 is 20.2 Å². The molecule has 0 rings (SSSR count). The first-order valence-electron chi connectivity index (χ1n) is 5.81. The van der Waals surface area contributed by atoms with Gasteiger partial charge in [-0.25, -0.2) is 4.79 Å². The molecule has 0 fully saturated rings. The SMILES string of the molecule is CCCN(CCN(C)C)C(=O)N[C@@H](C)C(=O)O. The molecule has 0 unspecified atom stereocenters. The molecule has 0 saturated heterocycles. The van der Waals surface area contributed by atoms with Crippen molar-refractivity contribution < 1.29 is 14.7 Å². The Kier molecular flexibility index (Phi) is 7.29. The second kappa shape index (κ2) is 7.89. The predicted molar refractivity (Wildman–Crippen MR) is 66.0 cm³/mol. The topological polar surface area (TPSA) is 72.9 Å². The number of amides is 2. The van der Waals surface area contributed by atoms with Gasteiger partial charge in [-0.05, 0) is 27.4 Å². The zero-order valence-electron chi connectivity index (χ0n) is 11.1. The van der Waals surface area contributed by atoms with Crippen LogP contribution in [0.4, 0.5) is 4.79 Å². The summed E-state index contributed by atoms with van der Waals surface area (Å²) in [5, 5.41) is 11.2. The van der Waals surface area contributed by atoms with Gasteiger partial charge in [-0.15, -0.1) is 0 Å². The van der Waals surface area contributed by atoms with Crippen LogP contribution in [-0.2, 0) is 4.79 Å². The highest BCUT2D eigenvalue weighted by molar-refractivity contribution is 5.82. The summed E-state index contributed by atoms with van der Waals surface area (Å²) in [5.74, 6) is -1.03.